The number of aromatic amines is 1. The zero-order valence-corrected chi connectivity index (χ0v) is 9.37. The number of rotatable bonds is 1. The SMILES string of the molecule is PN1CCCC1c1nc(Br)c[nH]1. The van der Waals surface area contributed by atoms with Crippen LogP contribution in [0.3, 0.4) is 0 Å². The summed E-state index contributed by atoms with van der Waals surface area (Å²) in [6, 6.07) is 0.460. The predicted octanol–water partition coefficient (Wildman–Crippen LogP) is 2.10. The monoisotopic (exact) mass is 247 g/mol. The van der Waals surface area contributed by atoms with Gasteiger partial charge in [0.1, 0.15) is 10.4 Å². The Balaban J connectivity index is 2.19. The lowest BCUT2D eigenvalue weighted by Crippen LogP contribution is -2.11. The number of hydrogen-bond acceptors (Lipinski definition) is 2. The summed E-state index contributed by atoms with van der Waals surface area (Å²) >= 11 is 3.33. The fraction of sp³-hybridized carbons (Fsp3) is 0.571. The topological polar surface area (TPSA) is 31.9 Å². The normalized spacial score (nSPS) is 25.0. The van der Waals surface area contributed by atoms with Gasteiger partial charge in [0.25, 0.3) is 0 Å². The first-order valence-corrected chi connectivity index (χ1v) is 5.30. The lowest BCUT2D eigenvalue weighted by molar-refractivity contribution is 0.433. The van der Waals surface area contributed by atoms with E-state index in [0.717, 1.165) is 17.0 Å². The Labute approximate surface area is 82.3 Å². The van der Waals surface area contributed by atoms with E-state index in [0.29, 0.717) is 6.04 Å². The second-order valence-corrected chi connectivity index (χ2v) is 4.48. The third-order valence-electron chi connectivity index (χ3n) is 2.18. The Bertz CT molecular complexity index is 275. The highest BCUT2D eigenvalue weighted by atomic mass is 79.9. The predicted molar refractivity (Wildman–Crippen MR) is 54.7 cm³/mol. The number of nitrogens with zero attached hydrogens (tertiary/aromatic N) is 2. The zero-order valence-electron chi connectivity index (χ0n) is 6.63. The maximum Gasteiger partial charge on any atom is 0.125 e. The van der Waals surface area contributed by atoms with Gasteiger partial charge in [-0.3, -0.25) is 4.67 Å². The molecular weight excluding hydrogens is 237 g/mol. The van der Waals surface area contributed by atoms with E-state index in [-0.39, 0.29) is 0 Å². The number of nitrogens with one attached hydrogen (secondary N) is 1. The van der Waals surface area contributed by atoms with Crippen LogP contribution in [-0.2, 0) is 0 Å². The molecule has 1 fully saturated rings. The maximum atomic E-state index is 4.35. The molecule has 2 atom stereocenters. The van der Waals surface area contributed by atoms with E-state index < -0.39 is 0 Å². The molecule has 0 aliphatic carbocycles. The van der Waals surface area contributed by atoms with Crippen LogP contribution < -0.4 is 0 Å². The summed E-state index contributed by atoms with van der Waals surface area (Å²) in [7, 11) is 2.75. The molecule has 1 N–H and O–H groups in total. The molecule has 0 amide bonds. The van der Waals surface area contributed by atoms with E-state index in [2.05, 4.69) is 40.0 Å². The molecule has 2 unspecified atom stereocenters. The van der Waals surface area contributed by atoms with Gasteiger partial charge in [0.15, 0.2) is 0 Å². The van der Waals surface area contributed by atoms with E-state index >= 15 is 0 Å². The van der Waals surface area contributed by atoms with Crippen molar-refractivity contribution in [2.24, 2.45) is 0 Å². The highest BCUT2D eigenvalue weighted by molar-refractivity contribution is 9.10. The number of hydrogen-bond donors (Lipinski definition) is 1. The first-order chi connectivity index (χ1) is 5.77. The van der Waals surface area contributed by atoms with Crippen molar-refractivity contribution in [1.29, 1.82) is 0 Å². The molecule has 1 saturated heterocycles. The Morgan fingerprint density at radius 2 is 2.58 bits per heavy atom. The molecule has 2 rings (SSSR count). The van der Waals surface area contributed by atoms with Gasteiger partial charge in [-0.15, -0.1) is 0 Å². The Kier molecular flexibility index (Phi) is 2.49. The lowest BCUT2D eigenvalue weighted by Gasteiger charge is -2.15. The third kappa shape index (κ3) is 1.56. The molecule has 0 aromatic carbocycles. The Morgan fingerprint density at radius 3 is 3.08 bits per heavy atom. The summed E-state index contributed by atoms with van der Waals surface area (Å²) in [5.74, 6) is 1.06. The van der Waals surface area contributed by atoms with Crippen LogP contribution in [-0.4, -0.2) is 21.2 Å². The van der Waals surface area contributed by atoms with Crippen LogP contribution in [0.1, 0.15) is 24.7 Å². The van der Waals surface area contributed by atoms with Crippen LogP contribution in [0.2, 0.25) is 0 Å². The molecular formula is C7H11BrN3P. The van der Waals surface area contributed by atoms with Crippen molar-refractivity contribution >= 4 is 25.3 Å². The minimum absolute atomic E-state index is 0.460. The molecule has 0 radical (unpaired) electrons. The average molecular weight is 248 g/mol. The fourth-order valence-corrected chi connectivity index (χ4v) is 2.34. The van der Waals surface area contributed by atoms with Gasteiger partial charge in [0.05, 0.1) is 6.04 Å². The fourth-order valence-electron chi connectivity index (χ4n) is 1.57. The second kappa shape index (κ2) is 3.44. The van der Waals surface area contributed by atoms with Gasteiger partial charge in [-0.2, -0.15) is 0 Å². The molecule has 0 saturated carbocycles. The summed E-state index contributed by atoms with van der Waals surface area (Å²) in [5, 5.41) is 0. The summed E-state index contributed by atoms with van der Waals surface area (Å²) in [5.41, 5.74) is 0. The first kappa shape index (κ1) is 8.67. The van der Waals surface area contributed by atoms with E-state index in [1.54, 1.807) is 0 Å². The van der Waals surface area contributed by atoms with E-state index in [9.17, 15) is 0 Å². The van der Waals surface area contributed by atoms with Crippen molar-refractivity contribution in [3.63, 3.8) is 0 Å². The molecule has 66 valence electrons. The van der Waals surface area contributed by atoms with Crippen molar-refractivity contribution in [3.8, 4) is 0 Å². The van der Waals surface area contributed by atoms with Crippen molar-refractivity contribution in [1.82, 2.24) is 14.6 Å². The largest absolute Gasteiger partial charge is 0.346 e. The highest BCUT2D eigenvalue weighted by Gasteiger charge is 2.24. The minimum Gasteiger partial charge on any atom is -0.346 e. The van der Waals surface area contributed by atoms with Crippen LogP contribution in [0.25, 0.3) is 0 Å². The van der Waals surface area contributed by atoms with Crippen molar-refractivity contribution < 1.29 is 0 Å². The van der Waals surface area contributed by atoms with Gasteiger partial charge in [-0.05, 0) is 28.8 Å². The van der Waals surface area contributed by atoms with Crippen molar-refractivity contribution in [2.75, 3.05) is 6.54 Å². The van der Waals surface area contributed by atoms with Crippen LogP contribution in [0.4, 0.5) is 0 Å². The van der Waals surface area contributed by atoms with Gasteiger partial charge < -0.3 is 4.98 Å². The van der Waals surface area contributed by atoms with Crippen molar-refractivity contribution in [2.45, 2.75) is 18.9 Å². The van der Waals surface area contributed by atoms with Crippen LogP contribution in [0.15, 0.2) is 10.8 Å². The summed E-state index contributed by atoms with van der Waals surface area (Å²) in [4.78, 5) is 7.51. The summed E-state index contributed by atoms with van der Waals surface area (Å²) in [6.45, 7) is 1.15. The van der Waals surface area contributed by atoms with Gasteiger partial charge in [0.2, 0.25) is 0 Å². The van der Waals surface area contributed by atoms with E-state index in [1.807, 2.05) is 6.20 Å². The summed E-state index contributed by atoms with van der Waals surface area (Å²) < 4.78 is 3.15. The quantitative estimate of drug-likeness (QED) is 0.772. The molecule has 5 heteroatoms. The van der Waals surface area contributed by atoms with Crippen LogP contribution in [0, 0.1) is 0 Å². The first-order valence-electron chi connectivity index (χ1n) is 3.99. The van der Waals surface area contributed by atoms with Gasteiger partial charge in [-0.25, -0.2) is 4.98 Å². The second-order valence-electron chi connectivity index (χ2n) is 3.00. The third-order valence-corrected chi connectivity index (χ3v) is 3.20. The minimum atomic E-state index is 0.460. The van der Waals surface area contributed by atoms with E-state index in [4.69, 9.17) is 0 Å². The molecule has 12 heavy (non-hydrogen) atoms. The molecule has 3 nitrogen and oxygen atoms in total. The standard InChI is InChI=1S/C7H11BrN3P/c8-6-4-9-7(10-6)5-2-1-3-11(5)12/h4-5H,1-3,12H2,(H,9,10). The van der Waals surface area contributed by atoms with Crippen molar-refractivity contribution in [3.05, 3.63) is 16.6 Å². The Hall–Kier alpha value is 0.0800. The van der Waals surface area contributed by atoms with E-state index in [1.165, 1.54) is 12.8 Å². The number of imidazole rings is 1. The van der Waals surface area contributed by atoms with Gasteiger partial charge >= 0.3 is 0 Å². The van der Waals surface area contributed by atoms with Gasteiger partial charge in [0, 0.05) is 12.7 Å². The average Bonchev–Trinajstić information content (AvgIpc) is 2.58. The maximum absolute atomic E-state index is 4.35. The van der Waals surface area contributed by atoms with Gasteiger partial charge in [-0.1, -0.05) is 9.39 Å². The number of H-pyrrole nitrogens is 1. The summed E-state index contributed by atoms with van der Waals surface area (Å²) in [6.07, 6.45) is 4.34. The number of aromatic nitrogens is 2. The van der Waals surface area contributed by atoms with Crippen LogP contribution >= 0.6 is 25.3 Å². The zero-order chi connectivity index (χ0) is 8.55. The molecule has 1 aliphatic heterocycles. The molecule has 0 bridgehead atoms. The smallest absolute Gasteiger partial charge is 0.125 e. The lowest BCUT2D eigenvalue weighted by atomic mass is 10.2. The highest BCUT2D eigenvalue weighted by Crippen LogP contribution is 2.32. The Morgan fingerprint density at radius 1 is 1.75 bits per heavy atom. The molecule has 2 heterocycles. The molecule has 1 aliphatic rings. The molecule has 0 spiro atoms. The molecule has 1 aromatic rings. The molecule has 1 aromatic heterocycles. The van der Waals surface area contributed by atoms with Crippen LogP contribution in [0.5, 0.6) is 0 Å². The number of halogens is 1.